The van der Waals surface area contributed by atoms with Gasteiger partial charge in [0.25, 0.3) is 0 Å². The fourth-order valence-electron chi connectivity index (χ4n) is 3.95. The summed E-state index contributed by atoms with van der Waals surface area (Å²) >= 11 is 0. The van der Waals surface area contributed by atoms with E-state index in [9.17, 15) is 0 Å². The smallest absolute Gasteiger partial charge is 0.0655 e. The summed E-state index contributed by atoms with van der Waals surface area (Å²) in [4.78, 5) is 0. The molecule has 2 aromatic carbocycles. The summed E-state index contributed by atoms with van der Waals surface area (Å²) in [5, 5.41) is 9.04. The first-order valence-corrected chi connectivity index (χ1v) is 9.89. The summed E-state index contributed by atoms with van der Waals surface area (Å²) in [6, 6.07) is 20.6. The highest BCUT2D eigenvalue weighted by atomic mass is 14.3. The first kappa shape index (κ1) is 17.7. The van der Waals surface area contributed by atoms with E-state index in [0.29, 0.717) is 5.92 Å². The average molecular weight is 332 g/mol. The molecule has 1 nitrogen and oxygen atoms in total. The van der Waals surface area contributed by atoms with E-state index in [4.69, 9.17) is 5.26 Å². The number of rotatable bonds is 6. The minimum Gasteiger partial charge on any atom is -0.198 e. The first-order chi connectivity index (χ1) is 12.3. The van der Waals surface area contributed by atoms with Crippen molar-refractivity contribution < 1.29 is 0 Å². The van der Waals surface area contributed by atoms with Gasteiger partial charge in [-0.2, -0.15) is 5.26 Å². The van der Waals surface area contributed by atoms with Gasteiger partial charge in [-0.1, -0.05) is 68.3 Å². The van der Waals surface area contributed by atoms with E-state index in [1.807, 2.05) is 0 Å². The van der Waals surface area contributed by atoms with Crippen molar-refractivity contribution in [3.63, 3.8) is 0 Å². The third-order valence-corrected chi connectivity index (χ3v) is 5.65. The van der Waals surface area contributed by atoms with Crippen molar-refractivity contribution in [3.05, 3.63) is 59.7 Å². The van der Waals surface area contributed by atoms with Crippen LogP contribution in [0.15, 0.2) is 48.5 Å². The van der Waals surface area contributed by atoms with Crippen LogP contribution < -0.4 is 0 Å². The lowest BCUT2D eigenvalue weighted by Crippen LogP contribution is -2.11. The summed E-state index contributed by atoms with van der Waals surface area (Å²) in [6.45, 7) is 2.25. The van der Waals surface area contributed by atoms with Crippen molar-refractivity contribution in [1.82, 2.24) is 0 Å². The van der Waals surface area contributed by atoms with Crippen molar-refractivity contribution in [2.45, 2.75) is 64.2 Å². The van der Waals surface area contributed by atoms with Crippen LogP contribution in [0, 0.1) is 17.2 Å². The topological polar surface area (TPSA) is 23.8 Å². The number of aryl methyl sites for hydroxylation is 1. The molecule has 0 amide bonds. The third-order valence-electron chi connectivity index (χ3n) is 5.65. The number of nitrogens with zero attached hydrogens (tertiary/aromatic N) is 1. The summed E-state index contributed by atoms with van der Waals surface area (Å²) in [6.07, 6.45) is 9.51. The Hall–Kier alpha value is -2.07. The zero-order chi connectivity index (χ0) is 17.5. The highest BCUT2D eigenvalue weighted by Gasteiger charge is 2.21. The summed E-state index contributed by atoms with van der Waals surface area (Å²) in [5.74, 6) is 0.922. The van der Waals surface area contributed by atoms with Gasteiger partial charge in [0.2, 0.25) is 0 Å². The normalized spacial score (nSPS) is 20.2. The van der Waals surface area contributed by atoms with E-state index in [1.54, 1.807) is 0 Å². The maximum Gasteiger partial charge on any atom is 0.0655 e. The Morgan fingerprint density at radius 3 is 2.00 bits per heavy atom. The second-order valence-electron chi connectivity index (χ2n) is 7.45. The van der Waals surface area contributed by atoms with E-state index < -0.39 is 0 Å². The largest absolute Gasteiger partial charge is 0.198 e. The maximum absolute atomic E-state index is 9.04. The molecule has 1 aliphatic rings. The zero-order valence-corrected chi connectivity index (χ0v) is 15.4. The number of nitriles is 1. The number of unbranched alkanes of at least 4 members (excludes halogenated alkanes) is 2. The molecular formula is C24H29N. The van der Waals surface area contributed by atoms with Gasteiger partial charge in [-0.25, -0.2) is 0 Å². The summed E-state index contributed by atoms with van der Waals surface area (Å²) < 4.78 is 0. The van der Waals surface area contributed by atoms with Crippen LogP contribution in [0.3, 0.4) is 0 Å². The number of benzene rings is 2. The van der Waals surface area contributed by atoms with E-state index in [-0.39, 0.29) is 5.92 Å². The Morgan fingerprint density at radius 1 is 0.840 bits per heavy atom. The molecule has 0 heterocycles. The Balaban J connectivity index is 1.61. The minimum atomic E-state index is 0.284. The van der Waals surface area contributed by atoms with Crippen molar-refractivity contribution in [1.29, 1.82) is 5.26 Å². The van der Waals surface area contributed by atoms with Crippen LogP contribution in [0.1, 0.15) is 68.9 Å². The molecule has 130 valence electrons. The fraction of sp³-hybridized carbons (Fsp3) is 0.458. The van der Waals surface area contributed by atoms with Crippen molar-refractivity contribution in [3.8, 4) is 17.2 Å². The third kappa shape index (κ3) is 4.73. The van der Waals surface area contributed by atoms with Crippen molar-refractivity contribution in [2.75, 3.05) is 0 Å². The predicted molar refractivity (Wildman–Crippen MR) is 105 cm³/mol. The molecule has 0 bridgehead atoms. The highest BCUT2D eigenvalue weighted by molar-refractivity contribution is 5.64. The number of hydrogen-bond donors (Lipinski definition) is 0. The van der Waals surface area contributed by atoms with Crippen molar-refractivity contribution in [2.24, 2.45) is 5.92 Å². The van der Waals surface area contributed by atoms with Crippen LogP contribution in [0.2, 0.25) is 0 Å². The lowest BCUT2D eigenvalue weighted by Gasteiger charge is -2.25. The molecule has 25 heavy (non-hydrogen) atoms. The Morgan fingerprint density at radius 2 is 1.44 bits per heavy atom. The molecule has 2 aromatic rings. The molecule has 0 N–H and O–H groups in total. The minimum absolute atomic E-state index is 0.284. The van der Waals surface area contributed by atoms with E-state index in [1.165, 1.54) is 47.9 Å². The zero-order valence-electron chi connectivity index (χ0n) is 15.4. The highest BCUT2D eigenvalue weighted by Crippen LogP contribution is 2.36. The van der Waals surface area contributed by atoms with Gasteiger partial charge in [0.1, 0.15) is 0 Å². The second kappa shape index (κ2) is 8.86. The molecule has 3 rings (SSSR count). The van der Waals surface area contributed by atoms with E-state index in [0.717, 1.165) is 25.7 Å². The molecule has 0 unspecified atom stereocenters. The van der Waals surface area contributed by atoms with Gasteiger partial charge in [-0.3, -0.25) is 0 Å². The lowest BCUT2D eigenvalue weighted by molar-refractivity contribution is 0.382. The molecule has 0 aliphatic heterocycles. The monoisotopic (exact) mass is 331 g/mol. The van der Waals surface area contributed by atoms with Gasteiger partial charge in [-0.05, 0) is 66.7 Å². The van der Waals surface area contributed by atoms with E-state index in [2.05, 4.69) is 61.5 Å². The summed E-state index contributed by atoms with van der Waals surface area (Å²) in [7, 11) is 0. The van der Waals surface area contributed by atoms with Crippen LogP contribution >= 0.6 is 0 Å². The Labute approximate surface area is 152 Å². The molecule has 0 radical (unpaired) electrons. The summed E-state index contributed by atoms with van der Waals surface area (Å²) in [5.41, 5.74) is 5.49. The molecule has 1 heteroatoms. The molecule has 0 saturated heterocycles. The van der Waals surface area contributed by atoms with Crippen LogP contribution in [0.5, 0.6) is 0 Å². The van der Waals surface area contributed by atoms with Gasteiger partial charge < -0.3 is 0 Å². The molecule has 0 aromatic heterocycles. The average Bonchev–Trinajstić information content (AvgIpc) is 2.69. The van der Waals surface area contributed by atoms with Crippen LogP contribution in [-0.4, -0.2) is 0 Å². The van der Waals surface area contributed by atoms with Gasteiger partial charge in [0, 0.05) is 5.92 Å². The number of hydrogen-bond acceptors (Lipinski definition) is 1. The fourth-order valence-corrected chi connectivity index (χ4v) is 3.95. The van der Waals surface area contributed by atoms with Gasteiger partial charge in [0.05, 0.1) is 6.07 Å². The standard InChI is InChI=1S/C24H29N/c1-2-3-4-5-19-6-10-21(11-7-19)23-14-16-24(17-15-23)22-12-8-20(18-25)9-13-22/h6-7,10-11,14-17,20,22H,2-5,8-9,12-13H2,1H3/t20-,22-. The molecule has 0 spiro atoms. The van der Waals surface area contributed by atoms with Crippen molar-refractivity contribution >= 4 is 0 Å². The maximum atomic E-state index is 9.04. The lowest BCUT2D eigenvalue weighted by atomic mass is 9.79. The second-order valence-corrected chi connectivity index (χ2v) is 7.45. The van der Waals surface area contributed by atoms with Crippen LogP contribution in [-0.2, 0) is 6.42 Å². The van der Waals surface area contributed by atoms with Gasteiger partial charge in [0.15, 0.2) is 0 Å². The molecule has 1 fully saturated rings. The van der Waals surface area contributed by atoms with E-state index >= 15 is 0 Å². The van der Waals surface area contributed by atoms with Crippen LogP contribution in [0.25, 0.3) is 11.1 Å². The molecule has 1 aliphatic carbocycles. The van der Waals surface area contributed by atoms with Gasteiger partial charge >= 0.3 is 0 Å². The quantitative estimate of drug-likeness (QED) is 0.529. The molecular weight excluding hydrogens is 302 g/mol. The van der Waals surface area contributed by atoms with Crippen LogP contribution in [0.4, 0.5) is 0 Å². The SMILES string of the molecule is CCCCCc1ccc(-c2ccc([C@H]3CC[C@H](C#N)CC3)cc2)cc1. The first-order valence-electron chi connectivity index (χ1n) is 9.89. The van der Waals surface area contributed by atoms with Gasteiger partial charge in [-0.15, -0.1) is 0 Å². The predicted octanol–water partition coefficient (Wildman–Crippen LogP) is 6.88. The Kier molecular flexibility index (Phi) is 6.29. The molecule has 1 saturated carbocycles. The molecule has 0 atom stereocenters. The Bertz CT molecular complexity index is 682.